The summed E-state index contributed by atoms with van der Waals surface area (Å²) >= 11 is 0. The first-order chi connectivity index (χ1) is 18.0. The van der Waals surface area contributed by atoms with Crippen molar-refractivity contribution in [1.29, 1.82) is 0 Å². The number of benzene rings is 3. The van der Waals surface area contributed by atoms with E-state index < -0.39 is 0 Å². The van der Waals surface area contributed by atoms with Crippen LogP contribution in [0.2, 0.25) is 0 Å². The Balaban J connectivity index is 1.50. The Kier molecular flexibility index (Phi) is 7.45. The van der Waals surface area contributed by atoms with Crippen LogP contribution in [0.3, 0.4) is 0 Å². The maximum atomic E-state index is 6.25. The van der Waals surface area contributed by atoms with Gasteiger partial charge in [0, 0.05) is 23.6 Å². The summed E-state index contributed by atoms with van der Waals surface area (Å²) in [6.45, 7) is 11.5. The van der Waals surface area contributed by atoms with E-state index in [0.717, 1.165) is 52.8 Å². The Morgan fingerprint density at radius 2 is 1.35 bits per heavy atom. The molecule has 1 aromatic heterocycles. The van der Waals surface area contributed by atoms with Crippen molar-refractivity contribution in [2.45, 2.75) is 65.5 Å². The second kappa shape index (κ2) is 11.1. The molecule has 0 bridgehead atoms. The maximum absolute atomic E-state index is 6.25. The molecule has 0 N–H and O–H groups in total. The molecule has 1 fully saturated rings. The molecule has 37 heavy (non-hydrogen) atoms. The lowest BCUT2D eigenvalue weighted by Gasteiger charge is -2.25. The van der Waals surface area contributed by atoms with Gasteiger partial charge in [-0.2, -0.15) is 0 Å². The number of oxazole rings is 1. The van der Waals surface area contributed by atoms with Crippen LogP contribution in [0.25, 0.3) is 12.7 Å². The van der Waals surface area contributed by atoms with Crippen LogP contribution in [0.4, 0.5) is 17.1 Å². The molecule has 3 aromatic carbocycles. The standard InChI is InChI=1S/C33H37N3O/c1-5-35-26(4)32(37-33(35)34-28-9-7-6-8-10-28)23-27-15-21-31(22-16-27)36(29-17-11-24(2)12-18-29)30-19-13-25(3)14-20-30/h11-23,28H,4-10H2,1-3H3/b32-23+,34-33?. The maximum Gasteiger partial charge on any atom is 0.297 e. The summed E-state index contributed by atoms with van der Waals surface area (Å²) in [6, 6.07) is 26.3. The van der Waals surface area contributed by atoms with Gasteiger partial charge in [-0.1, -0.05) is 73.4 Å². The van der Waals surface area contributed by atoms with E-state index in [4.69, 9.17) is 9.41 Å². The minimum Gasteiger partial charge on any atom is -0.424 e. The fourth-order valence-corrected chi connectivity index (χ4v) is 5.07. The Labute approximate surface area is 219 Å². The Hall–Kier alpha value is -3.79. The molecule has 0 radical (unpaired) electrons. The highest BCUT2D eigenvalue weighted by molar-refractivity contribution is 5.77. The summed E-state index contributed by atoms with van der Waals surface area (Å²) in [5.74, 6) is 0. The third kappa shape index (κ3) is 5.64. The monoisotopic (exact) mass is 491 g/mol. The summed E-state index contributed by atoms with van der Waals surface area (Å²) in [4.78, 5) is 7.24. The first kappa shape index (κ1) is 24.9. The second-order valence-corrected chi connectivity index (χ2v) is 10.1. The zero-order chi connectivity index (χ0) is 25.8. The van der Waals surface area contributed by atoms with Crippen molar-refractivity contribution in [1.82, 2.24) is 4.57 Å². The van der Waals surface area contributed by atoms with E-state index in [1.165, 1.54) is 30.4 Å². The van der Waals surface area contributed by atoms with Crippen molar-refractivity contribution < 1.29 is 4.42 Å². The molecule has 4 heteroatoms. The van der Waals surface area contributed by atoms with Crippen molar-refractivity contribution in [3.63, 3.8) is 0 Å². The molecule has 1 aliphatic rings. The van der Waals surface area contributed by atoms with Gasteiger partial charge in [0.05, 0.1) is 11.4 Å². The highest BCUT2D eigenvalue weighted by Gasteiger charge is 2.14. The van der Waals surface area contributed by atoms with E-state index in [1.54, 1.807) is 0 Å². The zero-order valence-electron chi connectivity index (χ0n) is 22.3. The van der Waals surface area contributed by atoms with E-state index in [1.807, 2.05) is 0 Å². The lowest BCUT2D eigenvalue weighted by molar-refractivity contribution is 0.386. The van der Waals surface area contributed by atoms with Gasteiger partial charge in [0.15, 0.2) is 5.42 Å². The molecule has 0 amide bonds. The molecule has 4 nitrogen and oxygen atoms in total. The summed E-state index contributed by atoms with van der Waals surface area (Å²) < 4.78 is 8.34. The highest BCUT2D eigenvalue weighted by Crippen LogP contribution is 2.34. The normalized spacial score (nSPS) is 15.3. The molecule has 4 aromatic rings. The summed E-state index contributed by atoms with van der Waals surface area (Å²) in [7, 11) is 0. The molecular weight excluding hydrogens is 454 g/mol. The van der Waals surface area contributed by atoms with Crippen molar-refractivity contribution in [2.24, 2.45) is 4.99 Å². The van der Waals surface area contributed by atoms with Gasteiger partial charge in [0.1, 0.15) is 0 Å². The molecule has 0 saturated heterocycles. The molecule has 190 valence electrons. The van der Waals surface area contributed by atoms with Crippen LogP contribution in [0.5, 0.6) is 0 Å². The number of rotatable bonds is 6. The third-order valence-electron chi connectivity index (χ3n) is 7.26. The van der Waals surface area contributed by atoms with Crippen LogP contribution >= 0.6 is 0 Å². The molecule has 0 spiro atoms. The topological polar surface area (TPSA) is 33.7 Å². The third-order valence-corrected chi connectivity index (χ3v) is 7.26. The lowest BCUT2D eigenvalue weighted by Crippen LogP contribution is -2.31. The minimum atomic E-state index is 0.360. The van der Waals surface area contributed by atoms with Crippen molar-refractivity contribution >= 4 is 29.7 Å². The summed E-state index contributed by atoms with van der Waals surface area (Å²) in [5, 5.41) is 0.877. The van der Waals surface area contributed by atoms with E-state index in [0.29, 0.717) is 11.7 Å². The Bertz CT molecular complexity index is 1460. The van der Waals surface area contributed by atoms with Crippen molar-refractivity contribution in [3.05, 3.63) is 106 Å². The number of anilines is 3. The summed E-state index contributed by atoms with van der Waals surface area (Å²) in [5.41, 5.74) is 8.42. The average molecular weight is 492 g/mol. The fourth-order valence-electron chi connectivity index (χ4n) is 5.07. The van der Waals surface area contributed by atoms with Crippen LogP contribution in [0.1, 0.15) is 55.7 Å². The van der Waals surface area contributed by atoms with Gasteiger partial charge in [0.25, 0.3) is 5.68 Å². The second-order valence-electron chi connectivity index (χ2n) is 10.1. The zero-order valence-corrected chi connectivity index (χ0v) is 22.3. The molecular formula is C33H37N3O. The molecule has 0 atom stereocenters. The average Bonchev–Trinajstić information content (AvgIpc) is 3.21. The predicted molar refractivity (Wildman–Crippen MR) is 154 cm³/mol. The predicted octanol–water partition coefficient (Wildman–Crippen LogP) is 6.66. The largest absolute Gasteiger partial charge is 0.424 e. The molecule has 0 aliphatic heterocycles. The quantitative estimate of drug-likeness (QED) is 0.302. The molecule has 5 rings (SSSR count). The van der Waals surface area contributed by atoms with E-state index in [-0.39, 0.29) is 0 Å². The number of aryl methyl sites for hydroxylation is 2. The summed E-state index contributed by atoms with van der Waals surface area (Å²) in [6.07, 6.45) is 8.20. The highest BCUT2D eigenvalue weighted by atomic mass is 16.3. The van der Waals surface area contributed by atoms with Crippen LogP contribution in [0.15, 0.2) is 82.2 Å². The Morgan fingerprint density at radius 3 is 1.86 bits per heavy atom. The van der Waals surface area contributed by atoms with Crippen LogP contribution in [0, 0.1) is 13.8 Å². The number of nitrogens with zero attached hydrogens (tertiary/aromatic N) is 3. The first-order valence-electron chi connectivity index (χ1n) is 13.5. The van der Waals surface area contributed by atoms with Crippen LogP contribution < -0.4 is 21.3 Å². The fraction of sp³-hybridized carbons (Fsp3) is 0.303. The van der Waals surface area contributed by atoms with Gasteiger partial charge < -0.3 is 9.32 Å². The SMILES string of the molecule is C=c1/c(=C\c2ccc(N(c3ccc(C)cc3)c3ccc(C)cc3)cc2)oc(=NC2CCCCC2)n1CC. The van der Waals surface area contributed by atoms with Gasteiger partial charge in [-0.25, -0.2) is 4.99 Å². The van der Waals surface area contributed by atoms with Gasteiger partial charge in [-0.3, -0.25) is 4.57 Å². The van der Waals surface area contributed by atoms with Gasteiger partial charge in [-0.05, 0) is 81.7 Å². The van der Waals surface area contributed by atoms with Crippen LogP contribution in [-0.2, 0) is 6.54 Å². The molecule has 1 aliphatic carbocycles. The van der Waals surface area contributed by atoms with E-state index >= 15 is 0 Å². The number of hydrogen-bond acceptors (Lipinski definition) is 3. The smallest absolute Gasteiger partial charge is 0.297 e. The van der Waals surface area contributed by atoms with E-state index in [9.17, 15) is 0 Å². The number of aromatic nitrogens is 1. The molecule has 1 saturated carbocycles. The van der Waals surface area contributed by atoms with E-state index in [2.05, 4.69) is 116 Å². The van der Waals surface area contributed by atoms with Gasteiger partial charge in [0.2, 0.25) is 0 Å². The van der Waals surface area contributed by atoms with Crippen molar-refractivity contribution in [2.75, 3.05) is 4.90 Å². The van der Waals surface area contributed by atoms with Crippen molar-refractivity contribution in [3.8, 4) is 0 Å². The van der Waals surface area contributed by atoms with Gasteiger partial charge >= 0.3 is 0 Å². The molecule has 1 heterocycles. The molecule has 0 unspecified atom stereocenters. The number of hydrogen-bond donors (Lipinski definition) is 0. The first-order valence-corrected chi connectivity index (χ1v) is 13.5. The van der Waals surface area contributed by atoms with Gasteiger partial charge in [-0.15, -0.1) is 0 Å². The lowest BCUT2D eigenvalue weighted by atomic mass is 9.96. The van der Waals surface area contributed by atoms with Crippen LogP contribution in [-0.4, -0.2) is 10.6 Å². The Morgan fingerprint density at radius 1 is 0.838 bits per heavy atom. The minimum absolute atomic E-state index is 0.360.